The van der Waals surface area contributed by atoms with Gasteiger partial charge >= 0.3 is 0 Å². The van der Waals surface area contributed by atoms with E-state index in [2.05, 4.69) is 19.2 Å². The van der Waals surface area contributed by atoms with Crippen molar-refractivity contribution in [3.63, 3.8) is 0 Å². The molecule has 1 aromatic rings. The van der Waals surface area contributed by atoms with Gasteiger partial charge in [-0.1, -0.05) is 13.8 Å². The number of phenols is 1. The average molecular weight is 247 g/mol. The molecule has 1 fully saturated rings. The zero-order valence-corrected chi connectivity index (χ0v) is 11.1. The molecule has 1 saturated carbocycles. The predicted molar refractivity (Wildman–Crippen MR) is 71.6 cm³/mol. The highest BCUT2D eigenvalue weighted by atomic mass is 16.3. The summed E-state index contributed by atoms with van der Waals surface area (Å²) in [5, 5.41) is 12.3. The Hall–Kier alpha value is -1.51. The number of phenolic OH excluding ortho intramolecular Hbond substituents is 1. The van der Waals surface area contributed by atoms with Crippen LogP contribution in [-0.4, -0.2) is 17.1 Å². The summed E-state index contributed by atoms with van der Waals surface area (Å²) in [5.74, 6) is 0.144. The third-order valence-electron chi connectivity index (χ3n) is 3.80. The molecule has 1 aliphatic carbocycles. The molecular formula is C15H21NO2. The summed E-state index contributed by atoms with van der Waals surface area (Å²) in [6, 6.07) is 6.67. The second-order valence-corrected chi connectivity index (χ2v) is 5.96. The number of nitrogens with one attached hydrogen (secondary N) is 1. The van der Waals surface area contributed by atoms with Gasteiger partial charge in [0.05, 0.1) is 0 Å². The first-order valence-corrected chi connectivity index (χ1v) is 6.56. The number of amides is 1. The summed E-state index contributed by atoms with van der Waals surface area (Å²) in [7, 11) is 0. The molecule has 0 unspecified atom stereocenters. The van der Waals surface area contributed by atoms with Crippen molar-refractivity contribution in [2.45, 2.75) is 45.6 Å². The van der Waals surface area contributed by atoms with E-state index < -0.39 is 0 Å². The smallest absolute Gasteiger partial charge is 0.251 e. The maximum absolute atomic E-state index is 12.0. The second kappa shape index (κ2) is 5.01. The Morgan fingerprint density at radius 2 is 1.78 bits per heavy atom. The SMILES string of the molecule is CC1(C)CCC(NC(=O)c2ccc(O)cc2)CC1. The fourth-order valence-electron chi connectivity index (χ4n) is 2.43. The molecule has 98 valence electrons. The van der Waals surface area contributed by atoms with Crippen molar-refractivity contribution in [2.75, 3.05) is 0 Å². The van der Waals surface area contributed by atoms with Gasteiger partial charge < -0.3 is 10.4 Å². The van der Waals surface area contributed by atoms with E-state index in [0.29, 0.717) is 17.0 Å². The van der Waals surface area contributed by atoms with Crippen molar-refractivity contribution < 1.29 is 9.90 Å². The molecule has 0 saturated heterocycles. The van der Waals surface area contributed by atoms with Gasteiger partial charge in [0, 0.05) is 11.6 Å². The minimum Gasteiger partial charge on any atom is -0.508 e. The first-order chi connectivity index (χ1) is 8.46. The fraction of sp³-hybridized carbons (Fsp3) is 0.533. The van der Waals surface area contributed by atoms with Crippen molar-refractivity contribution in [1.82, 2.24) is 5.32 Å². The lowest BCUT2D eigenvalue weighted by Gasteiger charge is -2.34. The van der Waals surface area contributed by atoms with E-state index in [0.717, 1.165) is 25.7 Å². The van der Waals surface area contributed by atoms with Gasteiger partial charge in [-0.3, -0.25) is 4.79 Å². The number of carbonyl (C=O) groups is 1. The summed E-state index contributed by atoms with van der Waals surface area (Å²) in [5.41, 5.74) is 1.03. The highest BCUT2D eigenvalue weighted by molar-refractivity contribution is 5.94. The molecular weight excluding hydrogens is 226 g/mol. The van der Waals surface area contributed by atoms with Gasteiger partial charge in [0.15, 0.2) is 0 Å². The Balaban J connectivity index is 1.90. The maximum Gasteiger partial charge on any atom is 0.251 e. The van der Waals surface area contributed by atoms with Crippen molar-refractivity contribution in [1.29, 1.82) is 0 Å². The summed E-state index contributed by atoms with van der Waals surface area (Å²) < 4.78 is 0. The van der Waals surface area contributed by atoms with Crippen LogP contribution in [0.1, 0.15) is 49.9 Å². The Kier molecular flexibility index (Phi) is 3.60. The second-order valence-electron chi connectivity index (χ2n) is 5.96. The van der Waals surface area contributed by atoms with E-state index in [4.69, 9.17) is 0 Å². The van der Waals surface area contributed by atoms with Crippen molar-refractivity contribution >= 4 is 5.91 Å². The molecule has 2 rings (SSSR count). The maximum atomic E-state index is 12.0. The molecule has 3 nitrogen and oxygen atoms in total. The molecule has 18 heavy (non-hydrogen) atoms. The number of aromatic hydroxyl groups is 1. The lowest BCUT2D eigenvalue weighted by atomic mass is 9.75. The molecule has 1 aromatic carbocycles. The highest BCUT2D eigenvalue weighted by Gasteiger charge is 2.27. The van der Waals surface area contributed by atoms with Gasteiger partial charge in [-0.05, 0) is 55.4 Å². The summed E-state index contributed by atoms with van der Waals surface area (Å²) >= 11 is 0. The zero-order valence-electron chi connectivity index (χ0n) is 11.1. The number of benzene rings is 1. The van der Waals surface area contributed by atoms with Crippen LogP contribution >= 0.6 is 0 Å². The van der Waals surface area contributed by atoms with Crippen LogP contribution in [0.5, 0.6) is 5.75 Å². The Labute approximate surface area is 108 Å². The van der Waals surface area contributed by atoms with E-state index in [-0.39, 0.29) is 11.7 Å². The van der Waals surface area contributed by atoms with Crippen LogP contribution in [0.3, 0.4) is 0 Å². The molecule has 3 heteroatoms. The average Bonchev–Trinajstić information content (AvgIpc) is 2.33. The lowest BCUT2D eigenvalue weighted by molar-refractivity contribution is 0.0909. The van der Waals surface area contributed by atoms with Crippen LogP contribution in [0.4, 0.5) is 0 Å². The van der Waals surface area contributed by atoms with Gasteiger partial charge in [-0.25, -0.2) is 0 Å². The summed E-state index contributed by atoms with van der Waals surface area (Å²) in [6.45, 7) is 4.57. The van der Waals surface area contributed by atoms with Crippen molar-refractivity contribution in [3.05, 3.63) is 29.8 Å². The van der Waals surface area contributed by atoms with Crippen molar-refractivity contribution in [3.8, 4) is 5.75 Å². The molecule has 0 spiro atoms. The summed E-state index contributed by atoms with van der Waals surface area (Å²) in [6.07, 6.45) is 4.43. The van der Waals surface area contributed by atoms with Gasteiger partial charge in [0.25, 0.3) is 5.91 Å². The van der Waals surface area contributed by atoms with Crippen LogP contribution in [0.2, 0.25) is 0 Å². The quantitative estimate of drug-likeness (QED) is 0.843. The molecule has 1 amide bonds. The van der Waals surface area contributed by atoms with E-state index in [1.807, 2.05) is 0 Å². The van der Waals surface area contributed by atoms with Gasteiger partial charge in [-0.2, -0.15) is 0 Å². The first-order valence-electron chi connectivity index (χ1n) is 6.56. The number of hydrogen-bond donors (Lipinski definition) is 2. The molecule has 0 aliphatic heterocycles. The van der Waals surface area contributed by atoms with E-state index in [1.165, 1.54) is 0 Å². The standard InChI is InChI=1S/C15H21NO2/c1-15(2)9-7-12(8-10-15)16-14(18)11-3-5-13(17)6-4-11/h3-6,12,17H,7-10H2,1-2H3,(H,16,18). The first kappa shape index (κ1) is 12.9. The van der Waals surface area contributed by atoms with E-state index in [9.17, 15) is 9.90 Å². The highest BCUT2D eigenvalue weighted by Crippen LogP contribution is 2.35. The van der Waals surface area contributed by atoms with Crippen LogP contribution in [0, 0.1) is 5.41 Å². The number of rotatable bonds is 2. The minimum atomic E-state index is -0.0419. The van der Waals surface area contributed by atoms with Crippen LogP contribution in [0.25, 0.3) is 0 Å². The molecule has 0 atom stereocenters. The largest absolute Gasteiger partial charge is 0.508 e. The lowest BCUT2D eigenvalue weighted by Crippen LogP contribution is -2.39. The predicted octanol–water partition coefficient (Wildman–Crippen LogP) is 3.09. The Bertz CT molecular complexity index is 413. The monoisotopic (exact) mass is 247 g/mol. The zero-order chi connectivity index (χ0) is 13.2. The Morgan fingerprint density at radius 3 is 2.33 bits per heavy atom. The van der Waals surface area contributed by atoms with E-state index >= 15 is 0 Å². The Morgan fingerprint density at radius 1 is 1.22 bits per heavy atom. The third kappa shape index (κ3) is 3.25. The fourth-order valence-corrected chi connectivity index (χ4v) is 2.43. The van der Waals surface area contributed by atoms with Crippen LogP contribution in [0.15, 0.2) is 24.3 Å². The van der Waals surface area contributed by atoms with Gasteiger partial charge in [0.1, 0.15) is 5.75 Å². The van der Waals surface area contributed by atoms with Crippen molar-refractivity contribution in [2.24, 2.45) is 5.41 Å². The van der Waals surface area contributed by atoms with Crippen LogP contribution < -0.4 is 5.32 Å². The minimum absolute atomic E-state index is 0.0419. The topological polar surface area (TPSA) is 49.3 Å². The number of hydrogen-bond acceptors (Lipinski definition) is 2. The molecule has 1 aliphatic rings. The third-order valence-corrected chi connectivity index (χ3v) is 3.80. The van der Waals surface area contributed by atoms with Gasteiger partial charge in [-0.15, -0.1) is 0 Å². The normalized spacial score (nSPS) is 19.4. The molecule has 0 aromatic heterocycles. The molecule has 2 N–H and O–H groups in total. The summed E-state index contributed by atoms with van der Waals surface area (Å²) in [4.78, 5) is 12.0. The molecule has 0 heterocycles. The number of carbonyl (C=O) groups excluding carboxylic acids is 1. The van der Waals surface area contributed by atoms with E-state index in [1.54, 1.807) is 24.3 Å². The molecule has 0 radical (unpaired) electrons. The van der Waals surface area contributed by atoms with Crippen LogP contribution in [-0.2, 0) is 0 Å². The van der Waals surface area contributed by atoms with Gasteiger partial charge in [0.2, 0.25) is 0 Å². The molecule has 0 bridgehead atoms.